The third-order valence-corrected chi connectivity index (χ3v) is 6.65. The zero-order valence-corrected chi connectivity index (χ0v) is 19.3. The highest BCUT2D eigenvalue weighted by Crippen LogP contribution is 2.29. The second-order valence-electron chi connectivity index (χ2n) is 7.91. The Morgan fingerprint density at radius 2 is 1.97 bits per heavy atom. The van der Waals surface area contributed by atoms with Crippen molar-refractivity contribution in [3.63, 3.8) is 0 Å². The molecular formula is C23H26N4O5S. The number of benzene rings is 1. The van der Waals surface area contributed by atoms with E-state index in [-0.39, 0.29) is 29.5 Å². The summed E-state index contributed by atoms with van der Waals surface area (Å²) in [4.78, 5) is 29.0. The average molecular weight is 471 g/mol. The second-order valence-corrected chi connectivity index (χ2v) is 9.63. The Hall–Kier alpha value is -3.45. The maximum Gasteiger partial charge on any atom is 0.340 e. The number of pyridine rings is 1. The summed E-state index contributed by atoms with van der Waals surface area (Å²) in [5.41, 5.74) is 1.45. The van der Waals surface area contributed by atoms with Gasteiger partial charge in [0.15, 0.2) is 0 Å². The second kappa shape index (κ2) is 10.4. The summed E-state index contributed by atoms with van der Waals surface area (Å²) in [5.74, 6) is -1.49. The molecule has 2 N–H and O–H groups in total. The van der Waals surface area contributed by atoms with Gasteiger partial charge in [-0.1, -0.05) is 30.3 Å². The van der Waals surface area contributed by atoms with Crippen molar-refractivity contribution in [2.45, 2.75) is 44.9 Å². The molecule has 0 spiro atoms. The van der Waals surface area contributed by atoms with Crippen LogP contribution in [0.3, 0.4) is 0 Å². The van der Waals surface area contributed by atoms with Gasteiger partial charge in [0, 0.05) is 12.0 Å². The Bertz CT molecular complexity index is 1180. The van der Waals surface area contributed by atoms with Gasteiger partial charge in [0.25, 0.3) is 0 Å². The number of amides is 1. The van der Waals surface area contributed by atoms with E-state index >= 15 is 0 Å². The van der Waals surface area contributed by atoms with Gasteiger partial charge < -0.3 is 10.1 Å². The van der Waals surface area contributed by atoms with Crippen LogP contribution in [0.25, 0.3) is 0 Å². The van der Waals surface area contributed by atoms with E-state index in [1.54, 1.807) is 44.2 Å². The molecule has 1 aromatic carbocycles. The van der Waals surface area contributed by atoms with E-state index < -0.39 is 27.8 Å². The Morgan fingerprint density at radius 1 is 1.24 bits per heavy atom. The number of ether oxygens (including phenoxy) is 1. The fraction of sp³-hybridized carbons (Fsp3) is 0.391. The minimum Gasteiger partial charge on any atom is -0.462 e. The summed E-state index contributed by atoms with van der Waals surface area (Å²) in [7, 11) is -3.80. The van der Waals surface area contributed by atoms with E-state index in [0.717, 1.165) is 0 Å². The van der Waals surface area contributed by atoms with E-state index in [0.29, 0.717) is 36.3 Å². The molecule has 1 fully saturated rings. The van der Waals surface area contributed by atoms with Crippen molar-refractivity contribution in [1.82, 2.24) is 9.71 Å². The number of anilines is 1. The Labute approximate surface area is 193 Å². The van der Waals surface area contributed by atoms with Crippen molar-refractivity contribution in [3.8, 4) is 6.07 Å². The molecule has 1 heterocycles. The highest BCUT2D eigenvalue weighted by molar-refractivity contribution is 7.89. The fourth-order valence-electron chi connectivity index (χ4n) is 3.83. The summed E-state index contributed by atoms with van der Waals surface area (Å²) in [6, 6.07) is 12.0. The number of aromatic nitrogens is 1. The van der Waals surface area contributed by atoms with Crippen molar-refractivity contribution in [1.29, 1.82) is 5.26 Å². The van der Waals surface area contributed by atoms with Gasteiger partial charge >= 0.3 is 5.97 Å². The van der Waals surface area contributed by atoms with Crippen LogP contribution in [0.5, 0.6) is 0 Å². The first-order valence-electron chi connectivity index (χ1n) is 10.7. The molecule has 1 aromatic heterocycles. The Balaban J connectivity index is 1.63. The number of carbonyl (C=O) groups excluding carboxylic acids is 2. The molecule has 9 nitrogen and oxygen atoms in total. The van der Waals surface area contributed by atoms with Crippen LogP contribution in [0.2, 0.25) is 0 Å². The van der Waals surface area contributed by atoms with Gasteiger partial charge in [-0.3, -0.25) is 9.52 Å². The molecule has 0 saturated heterocycles. The molecule has 0 bridgehead atoms. The predicted molar refractivity (Wildman–Crippen MR) is 122 cm³/mol. The van der Waals surface area contributed by atoms with Gasteiger partial charge in [-0.2, -0.15) is 5.26 Å². The lowest BCUT2D eigenvalue weighted by atomic mass is 10.1. The molecule has 33 heavy (non-hydrogen) atoms. The number of nitriles is 1. The third-order valence-electron chi connectivity index (χ3n) is 5.43. The van der Waals surface area contributed by atoms with E-state index in [9.17, 15) is 23.3 Å². The van der Waals surface area contributed by atoms with Crippen molar-refractivity contribution in [2.75, 3.05) is 11.9 Å². The maximum atomic E-state index is 12.6. The molecule has 1 amide bonds. The first kappa shape index (κ1) is 24.2. The number of hydrogen-bond acceptors (Lipinski definition) is 8. The molecule has 3 rings (SSSR count). The van der Waals surface area contributed by atoms with Gasteiger partial charge in [0.1, 0.15) is 11.9 Å². The topological polar surface area (TPSA) is 138 Å². The van der Waals surface area contributed by atoms with Gasteiger partial charge in [-0.05, 0) is 44.7 Å². The quantitative estimate of drug-likeness (QED) is 0.562. The molecule has 1 aliphatic rings. The summed E-state index contributed by atoms with van der Waals surface area (Å²) < 4.78 is 31.9. The molecular weight excluding hydrogens is 444 g/mol. The van der Waals surface area contributed by atoms with Crippen LogP contribution in [0.15, 0.2) is 36.4 Å². The third kappa shape index (κ3) is 6.29. The molecule has 174 valence electrons. The zero-order chi connectivity index (χ0) is 24.0. The van der Waals surface area contributed by atoms with Crippen molar-refractivity contribution in [3.05, 3.63) is 58.8 Å². The number of nitrogens with one attached hydrogen (secondary N) is 2. The molecule has 2 unspecified atom stereocenters. The van der Waals surface area contributed by atoms with Crippen molar-refractivity contribution >= 4 is 27.7 Å². The highest BCUT2D eigenvalue weighted by atomic mass is 32.2. The smallest absolute Gasteiger partial charge is 0.340 e. The van der Waals surface area contributed by atoms with Crippen LogP contribution in [-0.4, -0.2) is 37.9 Å². The molecule has 2 aromatic rings. The number of aryl methyl sites for hydroxylation is 1. The van der Waals surface area contributed by atoms with E-state index in [2.05, 4.69) is 15.0 Å². The van der Waals surface area contributed by atoms with E-state index in [1.807, 2.05) is 6.07 Å². The van der Waals surface area contributed by atoms with Gasteiger partial charge in [0.2, 0.25) is 15.9 Å². The standard InChI is InChI=1S/C23H26N4O5S/c1-3-32-23(29)20-12-18(13-24)21(25-15(20)2)26-19-10-9-17(11-19)22(28)27-33(30,31)14-16-7-5-4-6-8-16/h4-8,12,17,19H,3,9-11,14H2,1-2H3,(H,25,26)(H,27,28). The van der Waals surface area contributed by atoms with Gasteiger partial charge in [-0.15, -0.1) is 0 Å². The molecule has 0 aliphatic heterocycles. The molecule has 1 saturated carbocycles. The fourth-order valence-corrected chi connectivity index (χ4v) is 5.00. The van der Waals surface area contributed by atoms with Crippen molar-refractivity contribution < 1.29 is 22.7 Å². The molecule has 1 aliphatic carbocycles. The minimum atomic E-state index is -3.80. The minimum absolute atomic E-state index is 0.162. The summed E-state index contributed by atoms with van der Waals surface area (Å²) in [5, 5.41) is 12.7. The van der Waals surface area contributed by atoms with E-state index in [4.69, 9.17) is 4.74 Å². The van der Waals surface area contributed by atoms with Crippen LogP contribution in [0.4, 0.5) is 5.82 Å². The molecule has 0 radical (unpaired) electrons. The maximum absolute atomic E-state index is 12.6. The molecule has 10 heteroatoms. The van der Waals surface area contributed by atoms with Gasteiger partial charge in [0.05, 0.1) is 29.2 Å². The lowest BCUT2D eigenvalue weighted by Crippen LogP contribution is -2.36. The normalized spacial score (nSPS) is 17.7. The Kier molecular flexibility index (Phi) is 7.66. The lowest BCUT2D eigenvalue weighted by molar-refractivity contribution is -0.123. The number of nitrogens with zero attached hydrogens (tertiary/aromatic N) is 2. The first-order chi connectivity index (χ1) is 15.7. The summed E-state index contributed by atoms with van der Waals surface area (Å²) in [6.45, 7) is 3.56. The van der Waals surface area contributed by atoms with Gasteiger partial charge in [-0.25, -0.2) is 18.2 Å². The number of sulfonamides is 1. The van der Waals surface area contributed by atoms with Crippen LogP contribution < -0.4 is 10.0 Å². The van der Waals surface area contributed by atoms with E-state index in [1.165, 1.54) is 6.07 Å². The monoisotopic (exact) mass is 470 g/mol. The number of esters is 1. The van der Waals surface area contributed by atoms with Crippen LogP contribution >= 0.6 is 0 Å². The summed E-state index contributed by atoms with van der Waals surface area (Å²) in [6.07, 6.45) is 1.52. The summed E-state index contributed by atoms with van der Waals surface area (Å²) >= 11 is 0. The van der Waals surface area contributed by atoms with Crippen LogP contribution in [0.1, 0.15) is 53.4 Å². The van der Waals surface area contributed by atoms with Crippen LogP contribution in [-0.2, 0) is 25.3 Å². The molecule has 2 atom stereocenters. The zero-order valence-electron chi connectivity index (χ0n) is 18.5. The number of rotatable bonds is 8. The highest BCUT2D eigenvalue weighted by Gasteiger charge is 2.32. The SMILES string of the molecule is CCOC(=O)c1cc(C#N)c(NC2CCC(C(=O)NS(=O)(=O)Cc3ccccc3)C2)nc1C. The Morgan fingerprint density at radius 3 is 2.64 bits per heavy atom. The largest absolute Gasteiger partial charge is 0.462 e. The number of hydrogen-bond donors (Lipinski definition) is 2. The lowest BCUT2D eigenvalue weighted by Gasteiger charge is -2.16. The average Bonchev–Trinajstić information content (AvgIpc) is 3.23. The number of carbonyl (C=O) groups is 2. The predicted octanol–water partition coefficient (Wildman–Crippen LogP) is 2.67. The first-order valence-corrected chi connectivity index (χ1v) is 12.3. The van der Waals surface area contributed by atoms with Crippen LogP contribution in [0, 0.1) is 24.2 Å². The van der Waals surface area contributed by atoms with Crippen molar-refractivity contribution in [2.24, 2.45) is 5.92 Å².